The summed E-state index contributed by atoms with van der Waals surface area (Å²) in [6.45, 7) is 0.578. The largest absolute Gasteiger partial charge is 0.388 e. The van der Waals surface area contributed by atoms with Crippen LogP contribution in [0.25, 0.3) is 0 Å². The van der Waals surface area contributed by atoms with Crippen LogP contribution in [0.1, 0.15) is 25.7 Å². The predicted molar refractivity (Wildman–Crippen MR) is 48.0 cm³/mol. The van der Waals surface area contributed by atoms with Gasteiger partial charge in [0.25, 0.3) is 0 Å². The molecular weight excluding hydrogens is 188 g/mol. The van der Waals surface area contributed by atoms with Gasteiger partial charge in [-0.25, -0.2) is 8.78 Å². The molecule has 0 atom stereocenters. The quantitative estimate of drug-likeness (QED) is 0.755. The minimum Gasteiger partial charge on any atom is -0.388 e. The Morgan fingerprint density at radius 2 is 2.14 bits per heavy atom. The molecule has 2 aliphatic rings. The fourth-order valence-electron chi connectivity index (χ4n) is 1.94. The lowest BCUT2D eigenvalue weighted by atomic mass is 9.81. The fourth-order valence-corrected chi connectivity index (χ4v) is 1.94. The predicted octanol–water partition coefficient (Wildman–Crippen LogP) is 1.87. The van der Waals surface area contributed by atoms with E-state index in [1.807, 2.05) is 0 Å². The molecule has 0 amide bonds. The number of hydrogen-bond acceptors (Lipinski definition) is 2. The third kappa shape index (κ3) is 2.11. The lowest BCUT2D eigenvalue weighted by Crippen LogP contribution is -2.40. The summed E-state index contributed by atoms with van der Waals surface area (Å²) in [5.41, 5.74) is 0.908. The normalized spacial score (nSPS) is 25.9. The molecule has 2 rings (SSSR count). The van der Waals surface area contributed by atoms with Gasteiger partial charge in [-0.3, -0.25) is 4.79 Å². The highest BCUT2D eigenvalue weighted by Crippen LogP contribution is 2.41. The Morgan fingerprint density at radius 1 is 1.43 bits per heavy atom. The van der Waals surface area contributed by atoms with Crippen LogP contribution >= 0.6 is 0 Å². The second-order valence-corrected chi connectivity index (χ2v) is 4.15. The van der Waals surface area contributed by atoms with Crippen molar-refractivity contribution >= 4 is 5.78 Å². The molecule has 0 aliphatic heterocycles. The van der Waals surface area contributed by atoms with E-state index in [1.54, 1.807) is 6.08 Å². The number of halogens is 2. The third-order valence-electron chi connectivity index (χ3n) is 2.77. The molecule has 0 aromatic carbocycles. The van der Waals surface area contributed by atoms with Crippen LogP contribution in [-0.2, 0) is 4.79 Å². The summed E-state index contributed by atoms with van der Waals surface area (Å²) in [6.07, 6.45) is 2.85. The van der Waals surface area contributed by atoms with E-state index in [0.29, 0.717) is 13.0 Å². The molecule has 1 saturated carbocycles. The van der Waals surface area contributed by atoms with Crippen LogP contribution in [0.15, 0.2) is 11.8 Å². The molecule has 0 bridgehead atoms. The number of hydrogen-bond donors (Lipinski definition) is 1. The number of allylic oxidation sites excluding steroid dienone is 2. The molecule has 0 saturated heterocycles. The van der Waals surface area contributed by atoms with Crippen molar-refractivity contribution in [2.24, 2.45) is 5.92 Å². The van der Waals surface area contributed by atoms with Crippen LogP contribution in [0.3, 0.4) is 0 Å². The molecule has 0 aromatic rings. The van der Waals surface area contributed by atoms with Crippen molar-refractivity contribution in [2.75, 3.05) is 6.54 Å². The number of alkyl halides is 2. The monoisotopic (exact) mass is 201 g/mol. The third-order valence-corrected chi connectivity index (χ3v) is 2.77. The molecule has 0 radical (unpaired) electrons. The smallest absolute Gasteiger partial charge is 0.248 e. The minimum atomic E-state index is -2.44. The van der Waals surface area contributed by atoms with Gasteiger partial charge < -0.3 is 5.32 Å². The summed E-state index contributed by atoms with van der Waals surface area (Å²) in [5.74, 6) is -2.24. The van der Waals surface area contributed by atoms with Crippen LogP contribution in [-0.4, -0.2) is 18.3 Å². The van der Waals surface area contributed by atoms with Crippen molar-refractivity contribution in [2.45, 2.75) is 31.6 Å². The average molecular weight is 201 g/mol. The average Bonchev–Trinajstić information content (AvgIpc) is 2.44. The van der Waals surface area contributed by atoms with Crippen molar-refractivity contribution in [3.05, 3.63) is 11.8 Å². The van der Waals surface area contributed by atoms with E-state index in [4.69, 9.17) is 0 Å². The van der Waals surface area contributed by atoms with Crippen molar-refractivity contribution in [3.63, 3.8) is 0 Å². The molecule has 1 N–H and O–H groups in total. The highest BCUT2D eigenvalue weighted by Gasteiger charge is 2.44. The van der Waals surface area contributed by atoms with E-state index in [2.05, 4.69) is 5.32 Å². The van der Waals surface area contributed by atoms with Gasteiger partial charge in [-0.05, 0) is 12.3 Å². The number of carbonyl (C=O) groups is 1. The lowest BCUT2D eigenvalue weighted by molar-refractivity contribution is -0.114. The topological polar surface area (TPSA) is 29.1 Å². The lowest BCUT2D eigenvalue weighted by Gasteiger charge is -2.35. The Hall–Kier alpha value is -0.930. The SMILES string of the molecule is O=C1C=C(NCC2CC(F)(F)C2)CC1. The molecule has 1 fully saturated rings. The molecule has 2 nitrogen and oxygen atoms in total. The van der Waals surface area contributed by atoms with E-state index < -0.39 is 5.92 Å². The highest BCUT2D eigenvalue weighted by atomic mass is 19.3. The van der Waals surface area contributed by atoms with E-state index in [1.165, 1.54) is 0 Å². The summed E-state index contributed by atoms with van der Waals surface area (Å²) >= 11 is 0. The number of ketones is 1. The zero-order valence-electron chi connectivity index (χ0n) is 7.85. The first-order chi connectivity index (χ1) is 6.55. The number of carbonyl (C=O) groups excluding carboxylic acids is 1. The second-order valence-electron chi connectivity index (χ2n) is 4.15. The van der Waals surface area contributed by atoms with Crippen LogP contribution in [0, 0.1) is 5.92 Å². The number of rotatable bonds is 3. The van der Waals surface area contributed by atoms with Gasteiger partial charge in [-0.2, -0.15) is 0 Å². The van der Waals surface area contributed by atoms with Gasteiger partial charge in [-0.15, -0.1) is 0 Å². The van der Waals surface area contributed by atoms with Crippen LogP contribution in [0.5, 0.6) is 0 Å². The maximum atomic E-state index is 12.5. The molecule has 0 unspecified atom stereocenters. The Kier molecular flexibility index (Phi) is 2.29. The second kappa shape index (κ2) is 3.33. The van der Waals surface area contributed by atoms with E-state index in [0.717, 1.165) is 12.1 Å². The molecular formula is C10H13F2NO. The Labute approximate surface area is 81.4 Å². The van der Waals surface area contributed by atoms with Crippen molar-refractivity contribution in [3.8, 4) is 0 Å². The van der Waals surface area contributed by atoms with Gasteiger partial charge in [0.15, 0.2) is 5.78 Å². The van der Waals surface area contributed by atoms with Gasteiger partial charge in [0.1, 0.15) is 0 Å². The summed E-state index contributed by atoms with van der Waals surface area (Å²) in [4.78, 5) is 10.8. The summed E-state index contributed by atoms with van der Waals surface area (Å²) in [6, 6.07) is 0. The maximum Gasteiger partial charge on any atom is 0.248 e. The Morgan fingerprint density at radius 3 is 2.64 bits per heavy atom. The van der Waals surface area contributed by atoms with Crippen LogP contribution in [0.2, 0.25) is 0 Å². The molecule has 2 aliphatic carbocycles. The minimum absolute atomic E-state index is 0.0127. The Bertz CT molecular complexity index is 278. The first kappa shape index (κ1) is 9.62. The van der Waals surface area contributed by atoms with E-state index >= 15 is 0 Å². The van der Waals surface area contributed by atoms with Gasteiger partial charge in [0.05, 0.1) is 0 Å². The first-order valence-corrected chi connectivity index (χ1v) is 4.90. The summed E-state index contributed by atoms with van der Waals surface area (Å²) < 4.78 is 24.9. The van der Waals surface area contributed by atoms with E-state index in [9.17, 15) is 13.6 Å². The highest BCUT2D eigenvalue weighted by molar-refractivity contribution is 5.92. The summed E-state index contributed by atoms with van der Waals surface area (Å²) in [5, 5.41) is 3.06. The Balaban J connectivity index is 1.69. The van der Waals surface area contributed by atoms with Crippen molar-refractivity contribution in [1.82, 2.24) is 5.32 Å². The van der Waals surface area contributed by atoms with Gasteiger partial charge >= 0.3 is 0 Å². The number of nitrogens with one attached hydrogen (secondary N) is 1. The fraction of sp³-hybridized carbons (Fsp3) is 0.700. The van der Waals surface area contributed by atoms with E-state index in [-0.39, 0.29) is 24.5 Å². The molecule has 0 heterocycles. The van der Waals surface area contributed by atoms with Gasteiger partial charge in [-0.1, -0.05) is 0 Å². The molecule has 4 heteroatoms. The van der Waals surface area contributed by atoms with Crippen molar-refractivity contribution < 1.29 is 13.6 Å². The van der Waals surface area contributed by atoms with Crippen molar-refractivity contribution in [1.29, 1.82) is 0 Å². The van der Waals surface area contributed by atoms with Crippen LogP contribution < -0.4 is 5.32 Å². The van der Waals surface area contributed by atoms with Gasteiger partial charge in [0.2, 0.25) is 5.92 Å². The molecule has 14 heavy (non-hydrogen) atoms. The maximum absolute atomic E-state index is 12.5. The standard InChI is InChI=1S/C10H13F2NO/c11-10(12)4-7(5-10)6-13-8-1-2-9(14)3-8/h3,7,13H,1-2,4-6H2. The molecule has 78 valence electrons. The van der Waals surface area contributed by atoms with Crippen LogP contribution in [0.4, 0.5) is 8.78 Å². The molecule has 0 aromatic heterocycles. The van der Waals surface area contributed by atoms with Gasteiger partial charge in [0, 0.05) is 37.6 Å². The zero-order valence-corrected chi connectivity index (χ0v) is 7.85. The zero-order chi connectivity index (χ0) is 10.2. The molecule has 0 spiro atoms. The summed E-state index contributed by atoms with van der Waals surface area (Å²) in [7, 11) is 0. The first-order valence-electron chi connectivity index (χ1n) is 4.90.